The number of sulfonamides is 1. The Morgan fingerprint density at radius 3 is 1.98 bits per heavy atom. The van der Waals surface area contributed by atoms with Crippen molar-refractivity contribution in [1.29, 1.82) is 0 Å². The number of likely N-dealkylation sites (tertiary alicyclic amines) is 1. The molecule has 64 heavy (non-hydrogen) atoms. The number of aromatic nitrogens is 5. The third-order valence-electron chi connectivity index (χ3n) is 9.91. The van der Waals surface area contributed by atoms with Gasteiger partial charge in [0.15, 0.2) is 0 Å². The lowest BCUT2D eigenvalue weighted by molar-refractivity contribution is -0.274. The van der Waals surface area contributed by atoms with E-state index in [2.05, 4.69) is 30.1 Å². The number of rotatable bonds is 9. The van der Waals surface area contributed by atoms with Gasteiger partial charge in [0, 0.05) is 36.1 Å². The molecule has 338 valence electrons. The minimum atomic E-state index is -5.02. The Balaban J connectivity index is 0.000000192. The summed E-state index contributed by atoms with van der Waals surface area (Å²) in [7, 11) is -3.78. The molecule has 0 aliphatic carbocycles. The molecule has 1 amide bonds. The molecule has 13 nitrogen and oxygen atoms in total. The number of hydrogen-bond acceptors (Lipinski definition) is 11. The molecular weight excluding hydrogens is 913 g/mol. The quantitative estimate of drug-likeness (QED) is 0.127. The summed E-state index contributed by atoms with van der Waals surface area (Å²) in [5.74, 6) is -1.47. The fourth-order valence-electron chi connectivity index (χ4n) is 7.02. The van der Waals surface area contributed by atoms with Crippen molar-refractivity contribution in [3.05, 3.63) is 130 Å². The Kier molecular flexibility index (Phi) is 13.1. The number of pyridine rings is 1. The molecule has 0 spiro atoms. The third kappa shape index (κ3) is 10.8. The zero-order chi connectivity index (χ0) is 46.0. The highest BCUT2D eigenvalue weighted by Gasteiger charge is 2.43. The van der Waals surface area contributed by atoms with E-state index in [1.165, 1.54) is 16.4 Å². The average molecular weight is 944 g/mol. The molecule has 6 aromatic rings. The second-order valence-corrected chi connectivity index (χ2v) is 16.6. The van der Waals surface area contributed by atoms with Crippen molar-refractivity contribution >= 4 is 27.5 Å². The molecular formula is C40H31ClF9N7O6S. The summed E-state index contributed by atoms with van der Waals surface area (Å²) in [4.78, 5) is 18.1. The van der Waals surface area contributed by atoms with Gasteiger partial charge >= 0.3 is 18.7 Å². The van der Waals surface area contributed by atoms with Crippen molar-refractivity contribution in [2.24, 2.45) is 0 Å². The summed E-state index contributed by atoms with van der Waals surface area (Å²) >= 11 is 5.84. The first kappa shape index (κ1) is 45.9. The lowest BCUT2D eigenvalue weighted by Crippen LogP contribution is -2.32. The van der Waals surface area contributed by atoms with Crippen LogP contribution in [0, 0.1) is 0 Å². The smallest absolute Gasteiger partial charge is 0.419 e. The van der Waals surface area contributed by atoms with Gasteiger partial charge in [0.2, 0.25) is 33.6 Å². The normalized spacial score (nSPS) is 17.3. The lowest BCUT2D eigenvalue weighted by Gasteiger charge is -2.24. The maximum Gasteiger partial charge on any atom is 0.573 e. The molecule has 0 N–H and O–H groups in total. The van der Waals surface area contributed by atoms with Crippen LogP contribution < -0.4 is 4.74 Å². The van der Waals surface area contributed by atoms with Crippen molar-refractivity contribution in [2.75, 3.05) is 13.1 Å². The number of nitrogens with zero attached hydrogens (tertiary/aromatic N) is 7. The van der Waals surface area contributed by atoms with Crippen LogP contribution in [0.1, 0.15) is 76.6 Å². The van der Waals surface area contributed by atoms with E-state index >= 15 is 0 Å². The number of halogens is 10. The molecule has 2 aliphatic heterocycles. The van der Waals surface area contributed by atoms with Gasteiger partial charge in [-0.3, -0.25) is 9.78 Å². The SMILES string of the molecule is O=C(c1cc(C(F)(F)F)ccc1C(F)(F)F)N1CCCC1c1nnc(-c2ccc(Cl)cc2)o1.O=S(=O)(Cc1ccc(OC(F)(F)F)cc1)N1CCCC1c1nnc(-c2cccnc2)o1. The third-order valence-corrected chi connectivity index (χ3v) is 12.0. The molecule has 2 fully saturated rings. The molecule has 2 saturated heterocycles. The molecule has 5 heterocycles. The van der Waals surface area contributed by atoms with Gasteiger partial charge in [-0.1, -0.05) is 23.7 Å². The van der Waals surface area contributed by atoms with Gasteiger partial charge in [-0.15, -0.1) is 33.6 Å². The summed E-state index contributed by atoms with van der Waals surface area (Å²) in [5, 5.41) is 16.3. The summed E-state index contributed by atoms with van der Waals surface area (Å²) in [5.41, 5.74) is -2.39. The number of hydrogen-bond donors (Lipinski definition) is 0. The van der Waals surface area contributed by atoms with Crippen molar-refractivity contribution in [2.45, 2.75) is 62.2 Å². The van der Waals surface area contributed by atoms with E-state index in [1.54, 1.807) is 48.8 Å². The summed E-state index contributed by atoms with van der Waals surface area (Å²) in [6.45, 7) is 0.308. The van der Waals surface area contributed by atoms with E-state index < -0.39 is 69.2 Å². The minimum Gasteiger partial charge on any atom is -0.419 e. The molecule has 3 aromatic heterocycles. The van der Waals surface area contributed by atoms with Crippen LogP contribution in [0.5, 0.6) is 5.75 Å². The highest BCUT2D eigenvalue weighted by molar-refractivity contribution is 7.88. The van der Waals surface area contributed by atoms with E-state index in [4.69, 9.17) is 20.4 Å². The Morgan fingerprint density at radius 2 is 1.38 bits per heavy atom. The maximum absolute atomic E-state index is 13.5. The fraction of sp³-hybridized carbons (Fsp3) is 0.300. The standard InChI is InChI=1S/C21H14ClF6N3O2.C19H17F3N4O4S/c22-13-6-3-11(4-7-13)17-29-30-18(33-17)16-2-1-9-31(16)19(32)14-10-12(20(23,24)25)5-8-15(14)21(26,27)28;20-19(21,22)30-15-7-5-13(6-8-15)12-31(27,28)26-10-2-4-16(26)18-25-24-17(29-18)14-3-1-9-23-11-14/h3-8,10,16H,1-2,9H2;1,3,5-9,11,16H,2,4,10,12H2. The van der Waals surface area contributed by atoms with Crippen LogP contribution in [0.2, 0.25) is 5.02 Å². The van der Waals surface area contributed by atoms with E-state index in [9.17, 15) is 52.7 Å². The number of benzene rings is 3. The molecule has 0 bridgehead atoms. The molecule has 0 saturated carbocycles. The number of ether oxygens (including phenoxy) is 1. The molecule has 8 rings (SSSR count). The van der Waals surface area contributed by atoms with Crippen molar-refractivity contribution in [3.63, 3.8) is 0 Å². The van der Waals surface area contributed by atoms with Crippen molar-refractivity contribution in [1.82, 2.24) is 34.6 Å². The van der Waals surface area contributed by atoms with Crippen LogP contribution in [0.15, 0.2) is 100 Å². The monoisotopic (exact) mass is 943 g/mol. The first-order valence-corrected chi connectivity index (χ1v) is 20.9. The van der Waals surface area contributed by atoms with E-state index in [0.717, 1.165) is 17.0 Å². The zero-order valence-corrected chi connectivity index (χ0v) is 34.1. The Bertz CT molecular complexity index is 2680. The van der Waals surface area contributed by atoms with Crippen molar-refractivity contribution < 1.29 is 66.3 Å². The van der Waals surface area contributed by atoms with Gasteiger partial charge in [0.05, 0.1) is 28.0 Å². The van der Waals surface area contributed by atoms with Crippen LogP contribution in [0.3, 0.4) is 0 Å². The van der Waals surface area contributed by atoms with Gasteiger partial charge in [-0.25, -0.2) is 8.42 Å². The van der Waals surface area contributed by atoms with Gasteiger partial charge in [-0.2, -0.15) is 30.6 Å². The van der Waals surface area contributed by atoms with E-state index in [1.807, 2.05) is 0 Å². The fourth-order valence-corrected chi connectivity index (χ4v) is 8.92. The number of amides is 1. The topological polar surface area (TPSA) is 158 Å². The highest BCUT2D eigenvalue weighted by Crippen LogP contribution is 2.41. The Morgan fingerprint density at radius 1 is 0.750 bits per heavy atom. The molecule has 24 heteroatoms. The largest absolute Gasteiger partial charge is 0.573 e. The van der Waals surface area contributed by atoms with Crippen LogP contribution in [0.25, 0.3) is 22.9 Å². The van der Waals surface area contributed by atoms with E-state index in [0.29, 0.717) is 53.5 Å². The zero-order valence-electron chi connectivity index (χ0n) is 32.5. The van der Waals surface area contributed by atoms with E-state index in [-0.39, 0.29) is 54.5 Å². The molecule has 2 aliphatic rings. The first-order chi connectivity index (χ1) is 30.2. The Labute approximate surface area is 361 Å². The second-order valence-electron chi connectivity index (χ2n) is 14.3. The average Bonchev–Trinajstić information content (AvgIpc) is 4.08. The minimum absolute atomic E-state index is 0.0219. The van der Waals surface area contributed by atoms with Crippen LogP contribution in [-0.4, -0.2) is 68.4 Å². The van der Waals surface area contributed by atoms with Gasteiger partial charge in [0.1, 0.15) is 17.8 Å². The Hall–Kier alpha value is -6.07. The molecule has 2 atom stereocenters. The number of carbonyl (C=O) groups excluding carboxylic acids is 1. The summed E-state index contributed by atoms with van der Waals surface area (Å²) in [6, 6.07) is 14.0. The highest BCUT2D eigenvalue weighted by atomic mass is 35.5. The van der Waals surface area contributed by atoms with Gasteiger partial charge in [-0.05, 0) is 98.0 Å². The first-order valence-electron chi connectivity index (χ1n) is 18.9. The molecule has 0 radical (unpaired) electrons. The summed E-state index contributed by atoms with van der Waals surface area (Å²) in [6.07, 6.45) is -9.74. The summed E-state index contributed by atoms with van der Waals surface area (Å²) < 4.78 is 159. The van der Waals surface area contributed by atoms with Crippen molar-refractivity contribution in [3.8, 4) is 28.7 Å². The number of alkyl halides is 9. The second kappa shape index (κ2) is 18.2. The predicted molar refractivity (Wildman–Crippen MR) is 206 cm³/mol. The molecule has 2 unspecified atom stereocenters. The maximum atomic E-state index is 13.5. The lowest BCUT2D eigenvalue weighted by atomic mass is 10.0. The van der Waals surface area contributed by atoms with Gasteiger partial charge < -0.3 is 18.5 Å². The van der Waals surface area contributed by atoms with Crippen LogP contribution in [0.4, 0.5) is 39.5 Å². The van der Waals surface area contributed by atoms with Gasteiger partial charge in [0.25, 0.3) is 5.91 Å². The number of carbonyl (C=O) groups is 1. The van der Waals surface area contributed by atoms with Crippen LogP contribution in [-0.2, 0) is 28.1 Å². The predicted octanol–water partition coefficient (Wildman–Crippen LogP) is 10.1. The molecule has 3 aromatic carbocycles. The van der Waals surface area contributed by atoms with Crippen LogP contribution >= 0.6 is 11.6 Å².